The molecule has 7 nitrogen and oxygen atoms in total. The molecule has 1 aromatic heterocycles. The van der Waals surface area contributed by atoms with Crippen molar-refractivity contribution >= 4 is 29.5 Å². The fourth-order valence-corrected chi connectivity index (χ4v) is 4.07. The van der Waals surface area contributed by atoms with Gasteiger partial charge < -0.3 is 5.32 Å². The molecule has 1 aliphatic rings. The average molecular weight is 477 g/mol. The average Bonchev–Trinajstić information content (AvgIpc) is 3.48. The molecule has 0 radical (unpaired) electrons. The van der Waals surface area contributed by atoms with E-state index in [0.29, 0.717) is 5.69 Å². The van der Waals surface area contributed by atoms with E-state index in [-0.39, 0.29) is 37.1 Å². The lowest BCUT2D eigenvalue weighted by Gasteiger charge is -2.14. The van der Waals surface area contributed by atoms with Crippen molar-refractivity contribution in [1.29, 1.82) is 0 Å². The highest BCUT2D eigenvalue weighted by Gasteiger charge is 2.28. The quantitative estimate of drug-likeness (QED) is 0.306. The van der Waals surface area contributed by atoms with Crippen molar-refractivity contribution in [3.05, 3.63) is 108 Å². The number of likely N-dealkylation sites (tertiary alicyclic amines) is 1. The number of hydrogen-bond acceptors (Lipinski definition) is 4. The Balaban J connectivity index is 1.30. The van der Waals surface area contributed by atoms with Crippen LogP contribution < -0.4 is 5.32 Å². The molecule has 1 N–H and O–H groups in total. The third-order valence-corrected chi connectivity index (χ3v) is 5.94. The summed E-state index contributed by atoms with van der Waals surface area (Å²) in [5.74, 6) is -0.569. The van der Waals surface area contributed by atoms with Crippen LogP contribution in [-0.2, 0) is 20.9 Å². The van der Waals surface area contributed by atoms with Crippen LogP contribution in [0.4, 0.5) is 5.69 Å². The number of carbonyl (C=O) groups excluding carboxylic acids is 3. The van der Waals surface area contributed by atoms with Crippen molar-refractivity contribution < 1.29 is 14.4 Å². The van der Waals surface area contributed by atoms with Crippen LogP contribution in [0.3, 0.4) is 0 Å². The van der Waals surface area contributed by atoms with Gasteiger partial charge in [0.05, 0.1) is 17.9 Å². The second kappa shape index (κ2) is 10.2. The summed E-state index contributed by atoms with van der Waals surface area (Å²) in [5, 5.41) is 7.60. The van der Waals surface area contributed by atoms with Crippen molar-refractivity contribution in [1.82, 2.24) is 14.7 Å². The van der Waals surface area contributed by atoms with Gasteiger partial charge in [0, 0.05) is 41.9 Å². The van der Waals surface area contributed by atoms with E-state index in [1.165, 1.54) is 11.0 Å². The summed E-state index contributed by atoms with van der Waals surface area (Å²) in [4.78, 5) is 37.6. The first-order chi connectivity index (χ1) is 17.6. The highest BCUT2D eigenvalue weighted by molar-refractivity contribution is 6.03. The first-order valence-corrected chi connectivity index (χ1v) is 11.7. The number of aromatic nitrogens is 2. The summed E-state index contributed by atoms with van der Waals surface area (Å²) >= 11 is 0. The lowest BCUT2D eigenvalue weighted by molar-refractivity contribution is -0.139. The number of hydrogen-bond donors (Lipinski definition) is 1. The normalized spacial score (nSPS) is 13.5. The molecule has 1 fully saturated rings. The first-order valence-electron chi connectivity index (χ1n) is 11.7. The number of imide groups is 1. The minimum absolute atomic E-state index is 0.145. The standard InChI is InChI=1S/C29H24N4O3/c34-26(30-24-14-11-21(12-15-24)19-32-27(35)17-18-28(32)36)16-13-23-20-33(25-9-5-2-6-10-25)31-29(23)22-7-3-1-4-8-22/h1-16,20H,17-19H2,(H,30,34)/b16-13+. The Bertz CT molecular complexity index is 1410. The maximum atomic E-state index is 12.6. The van der Waals surface area contributed by atoms with Gasteiger partial charge in [-0.15, -0.1) is 0 Å². The third-order valence-electron chi connectivity index (χ3n) is 5.94. The molecule has 7 heteroatoms. The molecule has 0 unspecified atom stereocenters. The van der Waals surface area contributed by atoms with Crippen LogP contribution in [0.25, 0.3) is 23.0 Å². The summed E-state index contributed by atoms with van der Waals surface area (Å²) in [6.07, 6.45) is 5.68. The second-order valence-electron chi connectivity index (χ2n) is 8.47. The number of anilines is 1. The van der Waals surface area contributed by atoms with Crippen molar-refractivity contribution in [2.75, 3.05) is 5.32 Å². The molecule has 0 bridgehead atoms. The Labute approximate surface area is 208 Å². The maximum Gasteiger partial charge on any atom is 0.248 e. The van der Waals surface area contributed by atoms with E-state index >= 15 is 0 Å². The zero-order valence-corrected chi connectivity index (χ0v) is 19.5. The van der Waals surface area contributed by atoms with Gasteiger partial charge in [-0.2, -0.15) is 5.10 Å². The molecule has 2 heterocycles. The molecular weight excluding hydrogens is 452 g/mol. The van der Waals surface area contributed by atoms with Crippen LogP contribution in [0.2, 0.25) is 0 Å². The molecular formula is C29H24N4O3. The Morgan fingerprint density at radius 3 is 2.17 bits per heavy atom. The Hall–Kier alpha value is -4.78. The van der Waals surface area contributed by atoms with Gasteiger partial charge in [-0.05, 0) is 35.9 Å². The largest absolute Gasteiger partial charge is 0.323 e. The molecule has 4 aromatic rings. The molecule has 1 saturated heterocycles. The van der Waals surface area contributed by atoms with Crippen LogP contribution in [0.15, 0.2) is 97.2 Å². The molecule has 5 rings (SSSR count). The van der Waals surface area contributed by atoms with E-state index in [1.54, 1.807) is 35.0 Å². The molecule has 0 aliphatic carbocycles. The van der Waals surface area contributed by atoms with Crippen molar-refractivity contribution in [3.63, 3.8) is 0 Å². The molecule has 3 amide bonds. The SMILES string of the molecule is O=C(/C=C/c1cn(-c2ccccc2)nc1-c1ccccc1)Nc1ccc(CN2C(=O)CCC2=O)cc1. The minimum Gasteiger partial charge on any atom is -0.323 e. The number of amides is 3. The Morgan fingerprint density at radius 2 is 1.50 bits per heavy atom. The highest BCUT2D eigenvalue weighted by atomic mass is 16.2. The van der Waals surface area contributed by atoms with Gasteiger partial charge in [0.15, 0.2) is 0 Å². The van der Waals surface area contributed by atoms with E-state index in [2.05, 4.69) is 5.32 Å². The molecule has 0 saturated carbocycles. The van der Waals surface area contributed by atoms with E-state index in [0.717, 1.165) is 28.1 Å². The molecule has 0 spiro atoms. The van der Waals surface area contributed by atoms with Gasteiger partial charge in [-0.1, -0.05) is 60.7 Å². The van der Waals surface area contributed by atoms with Crippen molar-refractivity contribution in [3.8, 4) is 16.9 Å². The van der Waals surface area contributed by atoms with Gasteiger partial charge in [-0.3, -0.25) is 19.3 Å². The van der Waals surface area contributed by atoms with E-state index in [9.17, 15) is 14.4 Å². The van der Waals surface area contributed by atoms with Crippen LogP contribution in [0.1, 0.15) is 24.0 Å². The van der Waals surface area contributed by atoms with Gasteiger partial charge >= 0.3 is 0 Å². The summed E-state index contributed by atoms with van der Waals surface area (Å²) in [7, 11) is 0. The second-order valence-corrected chi connectivity index (χ2v) is 8.47. The van der Waals surface area contributed by atoms with Crippen LogP contribution in [0.5, 0.6) is 0 Å². The number of rotatable bonds is 7. The zero-order valence-electron chi connectivity index (χ0n) is 19.5. The first kappa shape index (κ1) is 23.0. The summed E-state index contributed by atoms with van der Waals surface area (Å²) in [6, 6.07) is 26.8. The van der Waals surface area contributed by atoms with Gasteiger partial charge in [-0.25, -0.2) is 4.68 Å². The smallest absolute Gasteiger partial charge is 0.248 e. The highest BCUT2D eigenvalue weighted by Crippen LogP contribution is 2.25. The molecule has 178 valence electrons. The predicted octanol–water partition coefficient (Wildman–Crippen LogP) is 4.84. The third kappa shape index (κ3) is 5.15. The van der Waals surface area contributed by atoms with E-state index in [4.69, 9.17) is 5.10 Å². The summed E-state index contributed by atoms with van der Waals surface area (Å²) in [6.45, 7) is 0.249. The summed E-state index contributed by atoms with van der Waals surface area (Å²) in [5.41, 5.74) is 4.92. The molecule has 36 heavy (non-hydrogen) atoms. The lowest BCUT2D eigenvalue weighted by Crippen LogP contribution is -2.28. The monoisotopic (exact) mass is 476 g/mol. The number of para-hydroxylation sites is 1. The number of carbonyl (C=O) groups is 3. The van der Waals surface area contributed by atoms with Crippen molar-refractivity contribution in [2.45, 2.75) is 19.4 Å². The lowest BCUT2D eigenvalue weighted by atomic mass is 10.1. The number of nitrogens with one attached hydrogen (secondary N) is 1. The molecule has 1 aliphatic heterocycles. The fraction of sp³-hybridized carbons (Fsp3) is 0.103. The van der Waals surface area contributed by atoms with Gasteiger partial charge in [0.2, 0.25) is 17.7 Å². The fourth-order valence-electron chi connectivity index (χ4n) is 4.07. The Morgan fingerprint density at radius 1 is 0.861 bits per heavy atom. The van der Waals surface area contributed by atoms with Crippen LogP contribution in [0, 0.1) is 0 Å². The predicted molar refractivity (Wildman–Crippen MR) is 138 cm³/mol. The van der Waals surface area contributed by atoms with E-state index < -0.39 is 0 Å². The topological polar surface area (TPSA) is 84.3 Å². The number of nitrogens with zero attached hydrogens (tertiary/aromatic N) is 3. The van der Waals surface area contributed by atoms with Crippen molar-refractivity contribution in [2.24, 2.45) is 0 Å². The van der Waals surface area contributed by atoms with Gasteiger partial charge in [0.1, 0.15) is 0 Å². The maximum absolute atomic E-state index is 12.6. The van der Waals surface area contributed by atoms with Gasteiger partial charge in [0.25, 0.3) is 0 Å². The zero-order chi connectivity index (χ0) is 24.9. The van der Waals surface area contributed by atoms with E-state index in [1.807, 2.05) is 66.9 Å². The Kier molecular flexibility index (Phi) is 6.53. The van der Waals surface area contributed by atoms with Crippen LogP contribution in [-0.4, -0.2) is 32.4 Å². The summed E-state index contributed by atoms with van der Waals surface area (Å²) < 4.78 is 1.80. The molecule has 3 aromatic carbocycles. The molecule has 0 atom stereocenters. The van der Waals surface area contributed by atoms with Crippen LogP contribution >= 0.6 is 0 Å². The minimum atomic E-state index is -0.279. The number of benzene rings is 3.